The van der Waals surface area contributed by atoms with E-state index in [9.17, 15) is 4.79 Å². The predicted octanol–water partition coefficient (Wildman–Crippen LogP) is 0.449. The molecule has 0 saturated carbocycles. The molecule has 3 aliphatic rings. The lowest BCUT2D eigenvalue weighted by molar-refractivity contribution is -0.130. The van der Waals surface area contributed by atoms with Gasteiger partial charge in [0.1, 0.15) is 0 Å². The van der Waals surface area contributed by atoms with Crippen LogP contribution in [0.4, 0.5) is 0 Å². The Labute approximate surface area is 121 Å². The van der Waals surface area contributed by atoms with Crippen molar-refractivity contribution in [2.45, 2.75) is 56.4 Å². The van der Waals surface area contributed by atoms with Gasteiger partial charge >= 0.3 is 0 Å². The van der Waals surface area contributed by atoms with Crippen molar-refractivity contribution in [1.82, 2.24) is 15.1 Å². The minimum atomic E-state index is 0.206. The van der Waals surface area contributed by atoms with Crippen molar-refractivity contribution in [1.29, 1.82) is 0 Å². The number of carbonyl (C=O) groups is 1. The maximum Gasteiger partial charge on any atom is 0.236 e. The summed E-state index contributed by atoms with van der Waals surface area (Å²) < 4.78 is 5.90. The van der Waals surface area contributed by atoms with Crippen LogP contribution in [-0.4, -0.2) is 73.7 Å². The van der Waals surface area contributed by atoms with E-state index in [0.29, 0.717) is 30.8 Å². The van der Waals surface area contributed by atoms with Gasteiger partial charge in [0.05, 0.1) is 18.8 Å². The minimum absolute atomic E-state index is 0.206. The lowest BCUT2D eigenvalue weighted by Gasteiger charge is -2.35. The van der Waals surface area contributed by atoms with E-state index in [2.05, 4.69) is 10.2 Å². The molecule has 3 saturated heterocycles. The maximum atomic E-state index is 11.7. The van der Waals surface area contributed by atoms with E-state index in [-0.39, 0.29) is 5.91 Å². The number of amides is 1. The van der Waals surface area contributed by atoms with Gasteiger partial charge < -0.3 is 15.0 Å². The zero-order valence-corrected chi connectivity index (χ0v) is 12.7. The molecule has 5 nitrogen and oxygen atoms in total. The van der Waals surface area contributed by atoms with E-state index < -0.39 is 0 Å². The van der Waals surface area contributed by atoms with E-state index in [0.717, 1.165) is 25.9 Å². The molecule has 0 aliphatic carbocycles. The number of carbonyl (C=O) groups excluding carboxylic acids is 1. The summed E-state index contributed by atoms with van der Waals surface area (Å²) in [6, 6.07) is 1.18. The molecule has 3 fully saturated rings. The molecule has 3 rings (SSSR count). The number of hydrogen-bond acceptors (Lipinski definition) is 4. The van der Waals surface area contributed by atoms with Crippen LogP contribution < -0.4 is 5.32 Å². The Morgan fingerprint density at radius 1 is 1.25 bits per heavy atom. The normalized spacial score (nSPS) is 34.6. The Morgan fingerprint density at radius 2 is 2.00 bits per heavy atom. The van der Waals surface area contributed by atoms with Crippen molar-refractivity contribution in [3.05, 3.63) is 0 Å². The molecular weight excluding hydrogens is 254 g/mol. The second-order valence-electron chi connectivity index (χ2n) is 6.72. The van der Waals surface area contributed by atoms with E-state index in [1.54, 1.807) is 4.90 Å². The summed E-state index contributed by atoms with van der Waals surface area (Å²) in [6.45, 7) is 2.62. The van der Waals surface area contributed by atoms with Gasteiger partial charge in [0.15, 0.2) is 0 Å². The topological polar surface area (TPSA) is 44.8 Å². The van der Waals surface area contributed by atoms with Crippen molar-refractivity contribution in [3.8, 4) is 0 Å². The smallest absolute Gasteiger partial charge is 0.236 e. The quantitative estimate of drug-likeness (QED) is 0.812. The second kappa shape index (κ2) is 6.00. The molecule has 3 atom stereocenters. The van der Waals surface area contributed by atoms with Crippen LogP contribution >= 0.6 is 0 Å². The molecule has 1 N–H and O–H groups in total. The molecule has 114 valence electrons. The molecule has 1 amide bonds. The highest BCUT2D eigenvalue weighted by Gasteiger charge is 2.41. The Bertz CT molecular complexity index is 353. The van der Waals surface area contributed by atoms with Gasteiger partial charge in [-0.15, -0.1) is 0 Å². The Morgan fingerprint density at radius 3 is 2.55 bits per heavy atom. The van der Waals surface area contributed by atoms with Crippen LogP contribution in [0.15, 0.2) is 0 Å². The van der Waals surface area contributed by atoms with Crippen LogP contribution in [0.1, 0.15) is 32.1 Å². The van der Waals surface area contributed by atoms with Crippen molar-refractivity contribution >= 4 is 5.91 Å². The standard InChI is InChI=1S/C15H27N3O2/c1-17(2)15(19)10-18-7-5-11(6-8-18)16-13-9-12-3-4-14(13)20-12/h11-14,16H,3-10H2,1-2H3. The monoisotopic (exact) mass is 281 g/mol. The highest BCUT2D eigenvalue weighted by Crippen LogP contribution is 2.34. The van der Waals surface area contributed by atoms with E-state index in [1.165, 1.54) is 19.3 Å². The molecule has 3 aliphatic heterocycles. The SMILES string of the molecule is CN(C)C(=O)CN1CCC(NC2CC3CCC2O3)CC1. The van der Waals surface area contributed by atoms with Gasteiger partial charge in [0.25, 0.3) is 0 Å². The maximum absolute atomic E-state index is 11.7. The second-order valence-corrected chi connectivity index (χ2v) is 6.72. The fourth-order valence-electron chi connectivity index (χ4n) is 3.71. The summed E-state index contributed by atoms with van der Waals surface area (Å²) in [7, 11) is 3.65. The van der Waals surface area contributed by atoms with Gasteiger partial charge in [-0.2, -0.15) is 0 Å². The fourth-order valence-corrected chi connectivity index (χ4v) is 3.71. The molecular formula is C15H27N3O2. The number of fused-ring (bicyclic) bond motifs is 2. The van der Waals surface area contributed by atoms with E-state index in [1.807, 2.05) is 14.1 Å². The zero-order chi connectivity index (χ0) is 14.1. The molecule has 3 unspecified atom stereocenters. The van der Waals surface area contributed by atoms with Crippen molar-refractivity contribution in [2.24, 2.45) is 0 Å². The summed E-state index contributed by atoms with van der Waals surface area (Å²) in [5, 5.41) is 3.80. The molecule has 20 heavy (non-hydrogen) atoms. The molecule has 0 spiro atoms. The molecule has 3 heterocycles. The van der Waals surface area contributed by atoms with Crippen molar-refractivity contribution < 1.29 is 9.53 Å². The summed E-state index contributed by atoms with van der Waals surface area (Å²) >= 11 is 0. The number of piperidine rings is 1. The highest BCUT2D eigenvalue weighted by atomic mass is 16.5. The first-order valence-corrected chi connectivity index (χ1v) is 7.96. The Balaban J connectivity index is 1.39. The molecule has 5 heteroatoms. The predicted molar refractivity (Wildman–Crippen MR) is 77.6 cm³/mol. The first kappa shape index (κ1) is 14.3. The van der Waals surface area contributed by atoms with Crippen LogP contribution in [0.5, 0.6) is 0 Å². The average Bonchev–Trinajstić information content (AvgIpc) is 3.03. The van der Waals surface area contributed by atoms with Crippen LogP contribution in [-0.2, 0) is 9.53 Å². The summed E-state index contributed by atoms with van der Waals surface area (Å²) in [5.41, 5.74) is 0. The van der Waals surface area contributed by atoms with Crippen LogP contribution in [0.2, 0.25) is 0 Å². The minimum Gasteiger partial charge on any atom is -0.373 e. The largest absolute Gasteiger partial charge is 0.373 e. The molecule has 0 aromatic carbocycles. The third-order valence-corrected chi connectivity index (χ3v) is 5.00. The van der Waals surface area contributed by atoms with Crippen LogP contribution in [0, 0.1) is 0 Å². The third-order valence-electron chi connectivity index (χ3n) is 5.00. The first-order chi connectivity index (χ1) is 9.61. The molecule has 0 radical (unpaired) electrons. The summed E-state index contributed by atoms with van der Waals surface area (Å²) in [6.07, 6.45) is 6.98. The average molecular weight is 281 g/mol. The van der Waals surface area contributed by atoms with Crippen molar-refractivity contribution in [3.63, 3.8) is 0 Å². The molecule has 2 bridgehead atoms. The Hall–Kier alpha value is -0.650. The van der Waals surface area contributed by atoms with E-state index >= 15 is 0 Å². The lowest BCUT2D eigenvalue weighted by atomic mass is 9.93. The summed E-state index contributed by atoms with van der Waals surface area (Å²) in [5.74, 6) is 0.206. The number of likely N-dealkylation sites (N-methyl/N-ethyl adjacent to an activating group) is 1. The fraction of sp³-hybridized carbons (Fsp3) is 0.933. The van der Waals surface area contributed by atoms with Gasteiger partial charge in [0.2, 0.25) is 5.91 Å². The third kappa shape index (κ3) is 3.15. The van der Waals surface area contributed by atoms with Crippen LogP contribution in [0.3, 0.4) is 0 Å². The molecule has 0 aromatic rings. The number of rotatable bonds is 4. The number of nitrogens with zero attached hydrogens (tertiary/aromatic N) is 2. The highest BCUT2D eigenvalue weighted by molar-refractivity contribution is 5.77. The first-order valence-electron chi connectivity index (χ1n) is 7.96. The number of likely N-dealkylation sites (tertiary alicyclic amines) is 1. The lowest BCUT2D eigenvalue weighted by Crippen LogP contribution is -2.50. The van der Waals surface area contributed by atoms with Gasteiger partial charge in [-0.05, 0) is 32.1 Å². The molecule has 0 aromatic heterocycles. The van der Waals surface area contributed by atoms with E-state index in [4.69, 9.17) is 4.74 Å². The Kier molecular flexibility index (Phi) is 4.29. The number of nitrogens with one attached hydrogen (secondary N) is 1. The zero-order valence-electron chi connectivity index (χ0n) is 12.7. The van der Waals surface area contributed by atoms with Gasteiger partial charge in [0, 0.05) is 39.3 Å². The van der Waals surface area contributed by atoms with Crippen LogP contribution in [0.25, 0.3) is 0 Å². The summed E-state index contributed by atoms with van der Waals surface area (Å²) in [4.78, 5) is 15.7. The van der Waals surface area contributed by atoms with Gasteiger partial charge in [-0.1, -0.05) is 0 Å². The van der Waals surface area contributed by atoms with Gasteiger partial charge in [-0.25, -0.2) is 0 Å². The van der Waals surface area contributed by atoms with Gasteiger partial charge in [-0.3, -0.25) is 9.69 Å². The number of ether oxygens (including phenoxy) is 1. The van der Waals surface area contributed by atoms with Crippen molar-refractivity contribution in [2.75, 3.05) is 33.7 Å². The number of hydrogen-bond donors (Lipinski definition) is 1.